The van der Waals surface area contributed by atoms with E-state index >= 15 is 0 Å². The monoisotopic (exact) mass is 239 g/mol. The van der Waals surface area contributed by atoms with Gasteiger partial charge in [0.15, 0.2) is 0 Å². The summed E-state index contributed by atoms with van der Waals surface area (Å²) in [5.74, 6) is -0.853. The molecule has 2 aliphatic carbocycles. The van der Waals surface area contributed by atoms with Gasteiger partial charge in [-0.05, 0) is 25.7 Å². The van der Waals surface area contributed by atoms with Gasteiger partial charge < -0.3 is 10.5 Å². The molecule has 0 aromatic heterocycles. The first-order chi connectivity index (χ1) is 8.02. The maximum absolute atomic E-state index is 14.0. The first-order valence-corrected chi connectivity index (χ1v) is 5.85. The van der Waals surface area contributed by atoms with E-state index in [-0.39, 0.29) is 16.9 Å². The fourth-order valence-electron chi connectivity index (χ4n) is 2.86. The third-order valence-corrected chi connectivity index (χ3v) is 4.22. The molecule has 2 N–H and O–H groups in total. The van der Waals surface area contributed by atoms with E-state index in [1.54, 1.807) is 0 Å². The van der Waals surface area contributed by atoms with Gasteiger partial charge in [0.2, 0.25) is 0 Å². The highest BCUT2D eigenvalue weighted by Gasteiger charge is 2.65. The number of halogens is 2. The lowest BCUT2D eigenvalue weighted by Gasteiger charge is -2.24. The van der Waals surface area contributed by atoms with Crippen molar-refractivity contribution in [3.63, 3.8) is 0 Å². The summed E-state index contributed by atoms with van der Waals surface area (Å²) in [4.78, 5) is 0. The first-order valence-electron chi connectivity index (χ1n) is 5.85. The Hall–Kier alpha value is -1.16. The molecule has 0 bridgehead atoms. The van der Waals surface area contributed by atoms with Gasteiger partial charge in [0, 0.05) is 28.7 Å². The second-order valence-electron chi connectivity index (χ2n) is 5.20. The lowest BCUT2D eigenvalue weighted by atomic mass is 9.85. The van der Waals surface area contributed by atoms with E-state index in [4.69, 9.17) is 10.5 Å². The molecule has 2 aliphatic rings. The van der Waals surface area contributed by atoms with Crippen LogP contribution in [-0.2, 0) is 5.41 Å². The van der Waals surface area contributed by atoms with Gasteiger partial charge in [-0.25, -0.2) is 8.78 Å². The van der Waals surface area contributed by atoms with Crippen LogP contribution in [0.3, 0.4) is 0 Å². The number of methoxy groups -OCH3 is 1. The first kappa shape index (κ1) is 11.0. The number of ether oxygens (including phenoxy) is 1. The highest BCUT2D eigenvalue weighted by Crippen LogP contribution is 2.64. The van der Waals surface area contributed by atoms with Crippen LogP contribution in [0.2, 0.25) is 0 Å². The smallest absolute Gasteiger partial charge is 0.133 e. The summed E-state index contributed by atoms with van der Waals surface area (Å²) in [6.45, 7) is 0. The van der Waals surface area contributed by atoms with E-state index in [1.807, 2.05) is 0 Å². The zero-order valence-corrected chi connectivity index (χ0v) is 9.72. The van der Waals surface area contributed by atoms with Gasteiger partial charge in [-0.1, -0.05) is 0 Å². The maximum atomic E-state index is 14.0. The topological polar surface area (TPSA) is 35.2 Å². The molecular weight excluding hydrogens is 224 g/mol. The summed E-state index contributed by atoms with van der Waals surface area (Å²) >= 11 is 0. The zero-order valence-electron chi connectivity index (χ0n) is 9.72. The second-order valence-corrected chi connectivity index (χ2v) is 5.20. The number of nitrogens with two attached hydrogens (primary N) is 1. The second kappa shape index (κ2) is 3.19. The number of hydrogen-bond acceptors (Lipinski definition) is 2. The molecule has 0 saturated heterocycles. The fraction of sp³-hybridized carbons (Fsp3) is 0.538. The van der Waals surface area contributed by atoms with Crippen LogP contribution in [0.25, 0.3) is 0 Å². The predicted octanol–water partition coefficient (Wildman–Crippen LogP) is 2.50. The van der Waals surface area contributed by atoms with Crippen molar-refractivity contribution < 1.29 is 13.5 Å². The molecular formula is C13H15F2NO. The lowest BCUT2D eigenvalue weighted by Crippen LogP contribution is -2.38. The van der Waals surface area contributed by atoms with Crippen LogP contribution in [-0.4, -0.2) is 12.6 Å². The van der Waals surface area contributed by atoms with Gasteiger partial charge in [-0.3, -0.25) is 0 Å². The summed E-state index contributed by atoms with van der Waals surface area (Å²) in [5, 5.41) is 0. The Kier molecular flexibility index (Phi) is 2.06. The van der Waals surface area contributed by atoms with Crippen LogP contribution < -0.4 is 10.5 Å². The van der Waals surface area contributed by atoms with E-state index in [9.17, 15) is 8.78 Å². The molecule has 0 aliphatic heterocycles. The van der Waals surface area contributed by atoms with Crippen molar-refractivity contribution in [3.8, 4) is 5.75 Å². The average Bonchev–Trinajstić information content (AvgIpc) is 3.14. The summed E-state index contributed by atoms with van der Waals surface area (Å²) < 4.78 is 32.9. The van der Waals surface area contributed by atoms with E-state index in [0.29, 0.717) is 0 Å². The van der Waals surface area contributed by atoms with Crippen LogP contribution in [0.4, 0.5) is 8.78 Å². The molecule has 92 valence electrons. The molecule has 0 amide bonds. The quantitative estimate of drug-likeness (QED) is 0.879. The Morgan fingerprint density at radius 2 is 1.65 bits per heavy atom. The van der Waals surface area contributed by atoms with E-state index in [1.165, 1.54) is 19.2 Å². The maximum Gasteiger partial charge on any atom is 0.133 e. The lowest BCUT2D eigenvalue weighted by molar-refractivity contribution is 0.396. The Bertz CT molecular complexity index is 455. The molecule has 1 aromatic rings. The highest BCUT2D eigenvalue weighted by molar-refractivity contribution is 5.44. The van der Waals surface area contributed by atoms with Crippen LogP contribution >= 0.6 is 0 Å². The Labute approximate surface area is 98.8 Å². The van der Waals surface area contributed by atoms with Gasteiger partial charge in [0.05, 0.1) is 7.11 Å². The molecule has 0 atom stereocenters. The molecule has 0 radical (unpaired) electrons. The van der Waals surface area contributed by atoms with Crippen LogP contribution in [0, 0.1) is 11.6 Å². The molecule has 0 unspecified atom stereocenters. The highest BCUT2D eigenvalue weighted by atomic mass is 19.1. The molecule has 1 aromatic carbocycles. The number of benzene rings is 1. The van der Waals surface area contributed by atoms with Gasteiger partial charge in [0.1, 0.15) is 17.4 Å². The van der Waals surface area contributed by atoms with Gasteiger partial charge in [-0.2, -0.15) is 0 Å². The molecule has 4 heteroatoms. The zero-order chi connectivity index (χ0) is 12.3. The third-order valence-electron chi connectivity index (χ3n) is 4.22. The molecule has 0 heterocycles. The third kappa shape index (κ3) is 1.40. The minimum absolute atomic E-state index is 0.165. The van der Waals surface area contributed by atoms with E-state index in [0.717, 1.165) is 25.7 Å². The Balaban J connectivity index is 2.10. The molecule has 2 nitrogen and oxygen atoms in total. The number of rotatable bonds is 3. The van der Waals surface area contributed by atoms with Crippen LogP contribution in [0.5, 0.6) is 5.75 Å². The standard InChI is InChI=1S/C13H15F2NO/c1-17-8-6-9(14)11(10(15)7-8)12(2-3-12)13(16)4-5-13/h6-7H,2-5,16H2,1H3. The largest absolute Gasteiger partial charge is 0.497 e. The molecule has 2 fully saturated rings. The SMILES string of the molecule is COc1cc(F)c(C2(C3(N)CC3)CC2)c(F)c1. The Morgan fingerprint density at radius 1 is 1.12 bits per heavy atom. The summed E-state index contributed by atoms with van der Waals surface area (Å²) in [6.07, 6.45) is 3.28. The summed E-state index contributed by atoms with van der Waals surface area (Å²) in [7, 11) is 1.39. The molecule has 3 rings (SSSR count). The van der Waals surface area contributed by atoms with Crippen molar-refractivity contribution >= 4 is 0 Å². The van der Waals surface area contributed by atoms with Crippen molar-refractivity contribution in [2.75, 3.05) is 7.11 Å². The minimum Gasteiger partial charge on any atom is -0.497 e. The van der Waals surface area contributed by atoms with Crippen molar-refractivity contribution in [1.82, 2.24) is 0 Å². The molecule has 0 spiro atoms. The van der Waals surface area contributed by atoms with Crippen LogP contribution in [0.15, 0.2) is 12.1 Å². The van der Waals surface area contributed by atoms with Crippen molar-refractivity contribution in [3.05, 3.63) is 29.3 Å². The van der Waals surface area contributed by atoms with Gasteiger partial charge >= 0.3 is 0 Å². The normalized spacial score (nSPS) is 23.3. The Morgan fingerprint density at radius 3 is 2.00 bits per heavy atom. The van der Waals surface area contributed by atoms with Crippen molar-refractivity contribution in [1.29, 1.82) is 0 Å². The van der Waals surface area contributed by atoms with Crippen LogP contribution in [0.1, 0.15) is 31.2 Å². The van der Waals surface area contributed by atoms with E-state index < -0.39 is 17.0 Å². The predicted molar refractivity (Wildman–Crippen MR) is 60.0 cm³/mol. The summed E-state index contributed by atoms with van der Waals surface area (Å²) in [6, 6.07) is 2.48. The fourth-order valence-corrected chi connectivity index (χ4v) is 2.86. The van der Waals surface area contributed by atoms with Crippen molar-refractivity contribution in [2.24, 2.45) is 5.73 Å². The van der Waals surface area contributed by atoms with Gasteiger partial charge in [0.25, 0.3) is 0 Å². The average molecular weight is 239 g/mol. The van der Waals surface area contributed by atoms with E-state index in [2.05, 4.69) is 0 Å². The number of hydrogen-bond donors (Lipinski definition) is 1. The molecule has 2 saturated carbocycles. The van der Waals surface area contributed by atoms with Gasteiger partial charge in [-0.15, -0.1) is 0 Å². The summed E-state index contributed by atoms with van der Waals surface area (Å²) in [5.41, 5.74) is 5.48. The minimum atomic E-state index is -0.531. The molecule has 17 heavy (non-hydrogen) atoms. The van der Waals surface area contributed by atoms with Crippen molar-refractivity contribution in [2.45, 2.75) is 36.6 Å².